The average Bonchev–Trinajstić information content (AvgIpc) is 2.13. The Morgan fingerprint density at radius 2 is 2.06 bits per heavy atom. The van der Waals surface area contributed by atoms with Gasteiger partial charge < -0.3 is 4.80 Å². The van der Waals surface area contributed by atoms with Gasteiger partial charge in [-0.2, -0.15) is 0 Å². The molecule has 0 spiro atoms. The standard InChI is InChI=1S/C12H20BrNOSi/c1-12(2,16(3,4)15)7-5-11-9-10(13)6-8-14-11/h6,8-9,15H,5,7H2,1-4H3. The van der Waals surface area contributed by atoms with Crippen LogP contribution in [0.1, 0.15) is 26.0 Å². The Morgan fingerprint density at radius 1 is 1.44 bits per heavy atom. The molecule has 90 valence electrons. The summed E-state index contributed by atoms with van der Waals surface area (Å²) in [6.07, 6.45) is 3.71. The lowest BCUT2D eigenvalue weighted by atomic mass is 10.0. The zero-order valence-electron chi connectivity index (χ0n) is 10.4. The van der Waals surface area contributed by atoms with Crippen LogP contribution in [0.25, 0.3) is 0 Å². The highest BCUT2D eigenvalue weighted by Crippen LogP contribution is 2.39. The van der Waals surface area contributed by atoms with E-state index in [1.807, 2.05) is 31.4 Å². The SMILES string of the molecule is CC(C)(CCc1cc(Br)ccn1)[Si](C)(C)O. The van der Waals surface area contributed by atoms with Crippen LogP contribution in [0.2, 0.25) is 18.1 Å². The number of nitrogens with zero attached hydrogens (tertiary/aromatic N) is 1. The van der Waals surface area contributed by atoms with Crippen molar-refractivity contribution in [2.24, 2.45) is 0 Å². The third-order valence-corrected chi connectivity index (χ3v) is 7.50. The molecule has 1 aromatic heterocycles. The van der Waals surface area contributed by atoms with Crippen molar-refractivity contribution in [2.45, 2.75) is 44.8 Å². The molecule has 1 heterocycles. The minimum atomic E-state index is -2.09. The molecule has 1 aromatic rings. The van der Waals surface area contributed by atoms with Crippen LogP contribution in [0, 0.1) is 0 Å². The van der Waals surface area contributed by atoms with Crippen molar-refractivity contribution >= 4 is 24.2 Å². The van der Waals surface area contributed by atoms with Crippen LogP contribution in [0.4, 0.5) is 0 Å². The quantitative estimate of drug-likeness (QED) is 0.859. The summed E-state index contributed by atoms with van der Waals surface area (Å²) in [5.41, 5.74) is 1.08. The Labute approximate surface area is 107 Å². The molecule has 1 N–H and O–H groups in total. The summed E-state index contributed by atoms with van der Waals surface area (Å²) in [4.78, 5) is 14.5. The van der Waals surface area contributed by atoms with Gasteiger partial charge in [0.25, 0.3) is 0 Å². The first kappa shape index (κ1) is 13.9. The van der Waals surface area contributed by atoms with Crippen LogP contribution in [-0.2, 0) is 6.42 Å². The number of pyridine rings is 1. The summed E-state index contributed by atoms with van der Waals surface area (Å²) in [5, 5.41) is 0.0248. The lowest BCUT2D eigenvalue weighted by molar-refractivity contribution is 0.450. The summed E-state index contributed by atoms with van der Waals surface area (Å²) in [7, 11) is -2.09. The van der Waals surface area contributed by atoms with E-state index >= 15 is 0 Å². The van der Waals surface area contributed by atoms with Crippen LogP contribution in [0.5, 0.6) is 0 Å². The number of halogens is 1. The molecule has 0 unspecified atom stereocenters. The van der Waals surface area contributed by atoms with Gasteiger partial charge >= 0.3 is 0 Å². The Bertz CT molecular complexity index is 360. The highest BCUT2D eigenvalue weighted by atomic mass is 79.9. The minimum Gasteiger partial charge on any atom is -0.432 e. The first-order valence-electron chi connectivity index (χ1n) is 5.55. The third kappa shape index (κ3) is 3.68. The maximum Gasteiger partial charge on any atom is 0.188 e. The summed E-state index contributed by atoms with van der Waals surface area (Å²) in [5.74, 6) is 0. The van der Waals surface area contributed by atoms with Crippen molar-refractivity contribution in [3.63, 3.8) is 0 Å². The summed E-state index contributed by atoms with van der Waals surface area (Å²) >= 11 is 3.44. The highest BCUT2D eigenvalue weighted by molar-refractivity contribution is 9.10. The van der Waals surface area contributed by atoms with Gasteiger partial charge in [0.1, 0.15) is 0 Å². The van der Waals surface area contributed by atoms with Crippen molar-refractivity contribution in [1.82, 2.24) is 4.98 Å². The number of aromatic nitrogens is 1. The predicted octanol–water partition coefficient (Wildman–Crippen LogP) is 3.75. The Balaban J connectivity index is 2.65. The van der Waals surface area contributed by atoms with Crippen molar-refractivity contribution in [3.8, 4) is 0 Å². The molecule has 0 bridgehead atoms. The van der Waals surface area contributed by atoms with Crippen LogP contribution in [0.15, 0.2) is 22.8 Å². The van der Waals surface area contributed by atoms with E-state index in [9.17, 15) is 4.80 Å². The molecule has 16 heavy (non-hydrogen) atoms. The van der Waals surface area contributed by atoms with Gasteiger partial charge in [0, 0.05) is 16.4 Å². The lowest BCUT2D eigenvalue weighted by Crippen LogP contribution is -2.39. The van der Waals surface area contributed by atoms with E-state index in [0.717, 1.165) is 23.0 Å². The normalized spacial score (nSPS) is 12.9. The molecule has 0 aromatic carbocycles. The maximum absolute atomic E-state index is 10.2. The van der Waals surface area contributed by atoms with Gasteiger partial charge in [-0.3, -0.25) is 4.98 Å². The van der Waals surface area contributed by atoms with Gasteiger partial charge in [0.05, 0.1) is 0 Å². The van der Waals surface area contributed by atoms with Gasteiger partial charge in [-0.25, -0.2) is 0 Å². The summed E-state index contributed by atoms with van der Waals surface area (Å²) in [6.45, 7) is 8.30. The van der Waals surface area contributed by atoms with Gasteiger partial charge in [0.15, 0.2) is 8.32 Å². The van der Waals surface area contributed by atoms with Crippen LogP contribution in [0.3, 0.4) is 0 Å². The molecule has 0 aliphatic rings. The van der Waals surface area contributed by atoms with E-state index in [1.54, 1.807) is 0 Å². The van der Waals surface area contributed by atoms with E-state index in [1.165, 1.54) is 0 Å². The molecule has 0 amide bonds. The van der Waals surface area contributed by atoms with Crippen molar-refractivity contribution in [2.75, 3.05) is 0 Å². The Morgan fingerprint density at radius 3 is 2.56 bits per heavy atom. The monoisotopic (exact) mass is 301 g/mol. The summed E-state index contributed by atoms with van der Waals surface area (Å²) < 4.78 is 1.07. The van der Waals surface area contributed by atoms with Gasteiger partial charge in [-0.05, 0) is 43.1 Å². The van der Waals surface area contributed by atoms with Gasteiger partial charge in [0.2, 0.25) is 0 Å². The zero-order chi connectivity index (χ0) is 12.4. The first-order chi connectivity index (χ1) is 7.22. The van der Waals surface area contributed by atoms with E-state index in [4.69, 9.17) is 0 Å². The molecule has 4 heteroatoms. The summed E-state index contributed by atoms with van der Waals surface area (Å²) in [6, 6.07) is 3.97. The second-order valence-corrected chi connectivity index (χ2v) is 10.8. The Hall–Kier alpha value is -0.193. The molecule has 0 saturated carbocycles. The molecule has 0 atom stereocenters. The fourth-order valence-electron chi connectivity index (χ4n) is 1.33. The van der Waals surface area contributed by atoms with E-state index in [0.29, 0.717) is 0 Å². The molecule has 2 nitrogen and oxygen atoms in total. The third-order valence-electron chi connectivity index (χ3n) is 3.44. The lowest BCUT2D eigenvalue weighted by Gasteiger charge is -2.35. The largest absolute Gasteiger partial charge is 0.432 e. The van der Waals surface area contributed by atoms with Crippen molar-refractivity contribution in [1.29, 1.82) is 0 Å². The molecule has 0 aliphatic carbocycles. The number of hydrogen-bond donors (Lipinski definition) is 1. The maximum atomic E-state index is 10.2. The predicted molar refractivity (Wildman–Crippen MR) is 74.0 cm³/mol. The molecule has 0 saturated heterocycles. The number of aryl methyl sites for hydroxylation is 1. The molecular weight excluding hydrogens is 282 g/mol. The van der Waals surface area contributed by atoms with Crippen LogP contribution < -0.4 is 0 Å². The van der Waals surface area contributed by atoms with Crippen molar-refractivity contribution in [3.05, 3.63) is 28.5 Å². The minimum absolute atomic E-state index is 0.0248. The second kappa shape index (κ2) is 4.98. The smallest absolute Gasteiger partial charge is 0.188 e. The number of rotatable bonds is 4. The molecule has 1 rings (SSSR count). The molecule has 0 radical (unpaired) electrons. The first-order valence-corrected chi connectivity index (χ1v) is 9.29. The van der Waals surface area contributed by atoms with Gasteiger partial charge in [-0.1, -0.05) is 29.8 Å². The molecule has 0 aliphatic heterocycles. The molecular formula is C12H20BrNOSi. The number of hydrogen-bond acceptors (Lipinski definition) is 2. The fraction of sp³-hybridized carbons (Fsp3) is 0.583. The highest BCUT2D eigenvalue weighted by Gasteiger charge is 2.37. The van der Waals surface area contributed by atoms with Gasteiger partial charge in [-0.15, -0.1) is 0 Å². The zero-order valence-corrected chi connectivity index (χ0v) is 13.0. The molecule has 0 fully saturated rings. The van der Waals surface area contributed by atoms with Crippen LogP contribution >= 0.6 is 15.9 Å². The van der Waals surface area contributed by atoms with E-state index < -0.39 is 8.32 Å². The van der Waals surface area contributed by atoms with E-state index in [2.05, 4.69) is 34.8 Å². The topological polar surface area (TPSA) is 33.1 Å². The second-order valence-electron chi connectivity index (χ2n) is 5.41. The van der Waals surface area contributed by atoms with Crippen molar-refractivity contribution < 1.29 is 4.80 Å². The Kier molecular flexibility index (Phi) is 4.32. The van der Waals surface area contributed by atoms with Crippen LogP contribution in [-0.4, -0.2) is 18.1 Å². The average molecular weight is 302 g/mol. The van der Waals surface area contributed by atoms with E-state index in [-0.39, 0.29) is 5.04 Å². The fourth-order valence-corrected chi connectivity index (χ4v) is 2.45.